The standard InChI is InChI=1S/C13H17ClF2O/c1-7(2)8(3)13(14)12-10(15)5-9(17-4)6-11(12)16/h5-8,13H,1-4H3. The van der Waals surface area contributed by atoms with Gasteiger partial charge in [0.2, 0.25) is 0 Å². The van der Waals surface area contributed by atoms with Crippen molar-refractivity contribution >= 4 is 11.6 Å². The Morgan fingerprint density at radius 3 is 1.94 bits per heavy atom. The van der Waals surface area contributed by atoms with Crippen LogP contribution < -0.4 is 4.74 Å². The number of rotatable bonds is 4. The van der Waals surface area contributed by atoms with Gasteiger partial charge in [-0.1, -0.05) is 20.8 Å². The van der Waals surface area contributed by atoms with Crippen LogP contribution in [-0.2, 0) is 0 Å². The van der Waals surface area contributed by atoms with E-state index >= 15 is 0 Å². The first kappa shape index (κ1) is 14.2. The van der Waals surface area contributed by atoms with E-state index in [-0.39, 0.29) is 23.1 Å². The van der Waals surface area contributed by atoms with E-state index in [4.69, 9.17) is 16.3 Å². The maximum Gasteiger partial charge on any atom is 0.134 e. The maximum absolute atomic E-state index is 13.8. The molecular weight excluding hydrogens is 246 g/mol. The topological polar surface area (TPSA) is 9.23 Å². The molecule has 0 fully saturated rings. The fraction of sp³-hybridized carbons (Fsp3) is 0.538. The van der Waals surface area contributed by atoms with Crippen molar-refractivity contribution in [3.63, 3.8) is 0 Å². The normalized spacial score (nSPS) is 14.8. The number of hydrogen-bond acceptors (Lipinski definition) is 1. The molecule has 1 aromatic rings. The predicted molar refractivity (Wildman–Crippen MR) is 65.5 cm³/mol. The lowest BCUT2D eigenvalue weighted by atomic mass is 9.90. The molecule has 0 saturated heterocycles. The van der Waals surface area contributed by atoms with Crippen molar-refractivity contribution in [2.45, 2.75) is 26.1 Å². The fourth-order valence-corrected chi connectivity index (χ4v) is 2.04. The zero-order chi connectivity index (χ0) is 13.2. The average Bonchev–Trinajstić information content (AvgIpc) is 2.26. The van der Waals surface area contributed by atoms with Gasteiger partial charge in [-0.2, -0.15) is 0 Å². The molecule has 0 amide bonds. The summed E-state index contributed by atoms with van der Waals surface area (Å²) >= 11 is 6.14. The number of halogens is 3. The molecule has 0 N–H and O–H groups in total. The van der Waals surface area contributed by atoms with E-state index in [1.54, 1.807) is 0 Å². The Balaban J connectivity index is 3.14. The minimum atomic E-state index is -0.680. The van der Waals surface area contributed by atoms with E-state index in [1.807, 2.05) is 20.8 Å². The van der Waals surface area contributed by atoms with Crippen LogP contribution in [0, 0.1) is 23.5 Å². The maximum atomic E-state index is 13.8. The van der Waals surface area contributed by atoms with Crippen molar-refractivity contribution in [1.29, 1.82) is 0 Å². The number of methoxy groups -OCH3 is 1. The molecule has 0 spiro atoms. The van der Waals surface area contributed by atoms with Gasteiger partial charge in [-0.25, -0.2) is 8.78 Å². The summed E-state index contributed by atoms with van der Waals surface area (Å²) in [5, 5.41) is -0.680. The van der Waals surface area contributed by atoms with Crippen LogP contribution in [0.5, 0.6) is 5.75 Å². The largest absolute Gasteiger partial charge is 0.497 e. The molecule has 2 unspecified atom stereocenters. The van der Waals surface area contributed by atoms with Crippen molar-refractivity contribution < 1.29 is 13.5 Å². The highest BCUT2D eigenvalue weighted by Crippen LogP contribution is 2.37. The molecule has 17 heavy (non-hydrogen) atoms. The third kappa shape index (κ3) is 3.09. The summed E-state index contributed by atoms with van der Waals surface area (Å²) < 4.78 is 32.3. The van der Waals surface area contributed by atoms with E-state index in [0.717, 1.165) is 12.1 Å². The van der Waals surface area contributed by atoms with Crippen LogP contribution in [0.4, 0.5) is 8.78 Å². The van der Waals surface area contributed by atoms with Gasteiger partial charge in [-0.15, -0.1) is 11.6 Å². The molecular formula is C13H17ClF2O. The Morgan fingerprint density at radius 2 is 1.59 bits per heavy atom. The molecule has 2 atom stereocenters. The highest BCUT2D eigenvalue weighted by Gasteiger charge is 2.26. The molecule has 0 saturated carbocycles. The number of alkyl halides is 1. The lowest BCUT2D eigenvalue weighted by molar-refractivity contribution is 0.382. The zero-order valence-corrected chi connectivity index (χ0v) is 11.2. The molecule has 96 valence electrons. The molecule has 0 radical (unpaired) electrons. The number of hydrogen-bond donors (Lipinski definition) is 0. The molecule has 0 bridgehead atoms. The first-order chi connectivity index (χ1) is 7.88. The number of ether oxygens (including phenoxy) is 1. The molecule has 0 aromatic heterocycles. The monoisotopic (exact) mass is 262 g/mol. The van der Waals surface area contributed by atoms with E-state index in [2.05, 4.69) is 0 Å². The van der Waals surface area contributed by atoms with Crippen molar-refractivity contribution in [3.05, 3.63) is 29.3 Å². The van der Waals surface area contributed by atoms with Gasteiger partial charge in [0.25, 0.3) is 0 Å². The molecule has 4 heteroatoms. The summed E-state index contributed by atoms with van der Waals surface area (Å²) in [6.45, 7) is 5.82. The van der Waals surface area contributed by atoms with Gasteiger partial charge in [0.05, 0.1) is 12.5 Å². The van der Waals surface area contributed by atoms with Crippen LogP contribution in [0.2, 0.25) is 0 Å². The van der Waals surface area contributed by atoms with Gasteiger partial charge in [-0.3, -0.25) is 0 Å². The SMILES string of the molecule is COc1cc(F)c(C(Cl)C(C)C(C)C)c(F)c1. The second kappa shape index (κ2) is 5.67. The Morgan fingerprint density at radius 1 is 1.12 bits per heavy atom. The van der Waals surface area contributed by atoms with Crippen LogP contribution in [0.3, 0.4) is 0 Å². The van der Waals surface area contributed by atoms with Crippen LogP contribution in [-0.4, -0.2) is 7.11 Å². The van der Waals surface area contributed by atoms with E-state index in [1.165, 1.54) is 7.11 Å². The van der Waals surface area contributed by atoms with Gasteiger partial charge in [0.15, 0.2) is 0 Å². The minimum Gasteiger partial charge on any atom is -0.497 e. The lowest BCUT2D eigenvalue weighted by Crippen LogP contribution is -2.13. The Kier molecular flexibility index (Phi) is 4.75. The third-order valence-corrected chi connectivity index (χ3v) is 3.69. The molecule has 1 nitrogen and oxygen atoms in total. The third-order valence-electron chi connectivity index (χ3n) is 3.08. The predicted octanol–water partition coefficient (Wildman–Crippen LogP) is 4.55. The second-order valence-electron chi connectivity index (χ2n) is 4.51. The van der Waals surface area contributed by atoms with Crippen molar-refractivity contribution in [3.8, 4) is 5.75 Å². The van der Waals surface area contributed by atoms with Crippen molar-refractivity contribution in [2.75, 3.05) is 7.11 Å². The van der Waals surface area contributed by atoms with Crippen molar-refractivity contribution in [2.24, 2.45) is 11.8 Å². The quantitative estimate of drug-likeness (QED) is 0.724. The van der Waals surface area contributed by atoms with E-state index in [0.29, 0.717) is 0 Å². The van der Waals surface area contributed by atoms with Gasteiger partial charge >= 0.3 is 0 Å². The van der Waals surface area contributed by atoms with E-state index in [9.17, 15) is 8.78 Å². The van der Waals surface area contributed by atoms with Gasteiger partial charge in [-0.05, 0) is 11.8 Å². The Labute approximate surface area is 106 Å². The Bertz CT molecular complexity index is 370. The Hall–Kier alpha value is -0.830. The summed E-state index contributed by atoms with van der Waals surface area (Å²) in [5.74, 6) is -0.930. The van der Waals surface area contributed by atoms with Crippen molar-refractivity contribution in [1.82, 2.24) is 0 Å². The van der Waals surface area contributed by atoms with E-state index < -0.39 is 17.0 Å². The average molecular weight is 263 g/mol. The summed E-state index contributed by atoms with van der Waals surface area (Å²) in [6, 6.07) is 2.31. The molecule has 0 heterocycles. The molecule has 1 rings (SSSR count). The van der Waals surface area contributed by atoms with Gasteiger partial charge < -0.3 is 4.74 Å². The smallest absolute Gasteiger partial charge is 0.134 e. The minimum absolute atomic E-state index is 0.0194. The lowest BCUT2D eigenvalue weighted by Gasteiger charge is -2.22. The second-order valence-corrected chi connectivity index (χ2v) is 4.98. The summed E-state index contributed by atoms with van der Waals surface area (Å²) in [4.78, 5) is 0. The highest BCUT2D eigenvalue weighted by atomic mass is 35.5. The molecule has 1 aromatic carbocycles. The first-order valence-electron chi connectivity index (χ1n) is 5.55. The molecule has 0 aliphatic rings. The molecule has 0 aliphatic heterocycles. The molecule has 0 aliphatic carbocycles. The number of benzene rings is 1. The van der Waals surface area contributed by atoms with Crippen LogP contribution in [0.25, 0.3) is 0 Å². The highest BCUT2D eigenvalue weighted by molar-refractivity contribution is 6.21. The zero-order valence-electron chi connectivity index (χ0n) is 10.4. The summed E-state index contributed by atoms with van der Waals surface area (Å²) in [6.07, 6.45) is 0. The summed E-state index contributed by atoms with van der Waals surface area (Å²) in [7, 11) is 1.36. The van der Waals surface area contributed by atoms with Crippen LogP contribution >= 0.6 is 11.6 Å². The fourth-order valence-electron chi connectivity index (χ4n) is 1.54. The van der Waals surface area contributed by atoms with Gasteiger partial charge in [0, 0.05) is 17.7 Å². The summed E-state index contributed by atoms with van der Waals surface area (Å²) in [5.41, 5.74) is -0.0753. The van der Waals surface area contributed by atoms with Crippen LogP contribution in [0.1, 0.15) is 31.7 Å². The van der Waals surface area contributed by atoms with Gasteiger partial charge in [0.1, 0.15) is 17.4 Å². The first-order valence-corrected chi connectivity index (χ1v) is 5.99. The van der Waals surface area contributed by atoms with Crippen LogP contribution in [0.15, 0.2) is 12.1 Å².